The number of hydrogen-bond donors (Lipinski definition) is 3. The molecule has 3 nitrogen and oxygen atoms in total. The molecule has 0 atom stereocenters. The second-order valence-electron chi connectivity index (χ2n) is 3.67. The van der Waals surface area contributed by atoms with Crippen LogP contribution in [-0.2, 0) is 6.42 Å². The summed E-state index contributed by atoms with van der Waals surface area (Å²) in [5.74, 6) is 0. The number of aliphatic hydroxyl groups excluding tert-OH is 1. The summed E-state index contributed by atoms with van der Waals surface area (Å²) >= 11 is 0. The van der Waals surface area contributed by atoms with Crippen molar-refractivity contribution in [3.63, 3.8) is 0 Å². The predicted octanol–water partition coefficient (Wildman–Crippen LogP) is 0.914. The lowest BCUT2D eigenvalue weighted by atomic mass is 10.1. The first-order chi connectivity index (χ1) is 7.83. The molecule has 0 aliphatic rings. The largest absolute Gasteiger partial charge is 0.395 e. The van der Waals surface area contributed by atoms with E-state index < -0.39 is 0 Å². The number of benzene rings is 1. The molecule has 0 aromatic heterocycles. The SMILES string of the molecule is C=C(CNCCO)NCCc1ccccc1. The smallest absolute Gasteiger partial charge is 0.0556 e. The Balaban J connectivity index is 2.09. The summed E-state index contributed by atoms with van der Waals surface area (Å²) in [5.41, 5.74) is 2.29. The molecule has 0 unspecified atom stereocenters. The van der Waals surface area contributed by atoms with Crippen molar-refractivity contribution in [2.75, 3.05) is 26.2 Å². The summed E-state index contributed by atoms with van der Waals surface area (Å²) in [5, 5.41) is 14.9. The van der Waals surface area contributed by atoms with Gasteiger partial charge < -0.3 is 15.7 Å². The molecule has 3 heteroatoms. The molecule has 0 aliphatic heterocycles. The monoisotopic (exact) mass is 220 g/mol. The van der Waals surface area contributed by atoms with E-state index in [1.165, 1.54) is 5.56 Å². The van der Waals surface area contributed by atoms with Gasteiger partial charge >= 0.3 is 0 Å². The fourth-order valence-corrected chi connectivity index (χ4v) is 1.41. The van der Waals surface area contributed by atoms with Crippen LogP contribution in [0.4, 0.5) is 0 Å². The molecule has 1 aromatic carbocycles. The van der Waals surface area contributed by atoms with Crippen molar-refractivity contribution < 1.29 is 5.11 Å². The van der Waals surface area contributed by atoms with E-state index in [9.17, 15) is 0 Å². The van der Waals surface area contributed by atoms with Gasteiger partial charge in [0, 0.05) is 25.3 Å². The third-order valence-corrected chi connectivity index (χ3v) is 2.26. The van der Waals surface area contributed by atoms with Crippen LogP contribution in [0.2, 0.25) is 0 Å². The van der Waals surface area contributed by atoms with Gasteiger partial charge in [-0.2, -0.15) is 0 Å². The van der Waals surface area contributed by atoms with Crippen molar-refractivity contribution >= 4 is 0 Å². The summed E-state index contributed by atoms with van der Waals surface area (Å²) < 4.78 is 0. The molecule has 88 valence electrons. The highest BCUT2D eigenvalue weighted by molar-refractivity contribution is 5.15. The average molecular weight is 220 g/mol. The maximum Gasteiger partial charge on any atom is 0.0556 e. The zero-order chi connectivity index (χ0) is 11.6. The van der Waals surface area contributed by atoms with Gasteiger partial charge in [0.05, 0.1) is 6.61 Å². The summed E-state index contributed by atoms with van der Waals surface area (Å²) in [6.07, 6.45) is 1.000. The molecule has 0 amide bonds. The standard InChI is InChI=1S/C13H20N2O/c1-12(11-14-9-10-16)15-8-7-13-5-3-2-4-6-13/h2-6,14-16H,1,7-11H2. The highest BCUT2D eigenvalue weighted by Gasteiger charge is 1.94. The molecular weight excluding hydrogens is 200 g/mol. The molecule has 0 radical (unpaired) electrons. The van der Waals surface area contributed by atoms with Crippen LogP contribution in [0.15, 0.2) is 42.6 Å². The van der Waals surface area contributed by atoms with Crippen molar-refractivity contribution in [2.45, 2.75) is 6.42 Å². The molecule has 16 heavy (non-hydrogen) atoms. The molecule has 3 N–H and O–H groups in total. The molecule has 0 fully saturated rings. The van der Waals surface area contributed by atoms with E-state index in [-0.39, 0.29) is 6.61 Å². The highest BCUT2D eigenvalue weighted by atomic mass is 16.3. The lowest BCUT2D eigenvalue weighted by Gasteiger charge is -2.10. The van der Waals surface area contributed by atoms with Crippen LogP contribution in [0.1, 0.15) is 5.56 Å². The highest BCUT2D eigenvalue weighted by Crippen LogP contribution is 1.98. The molecule has 0 bridgehead atoms. The Morgan fingerprint density at radius 2 is 1.94 bits per heavy atom. The van der Waals surface area contributed by atoms with E-state index in [0.717, 1.165) is 18.7 Å². The quantitative estimate of drug-likeness (QED) is 0.571. The second-order valence-corrected chi connectivity index (χ2v) is 3.67. The van der Waals surface area contributed by atoms with E-state index in [4.69, 9.17) is 5.11 Å². The van der Waals surface area contributed by atoms with E-state index in [2.05, 4.69) is 29.3 Å². The first-order valence-electron chi connectivity index (χ1n) is 5.60. The number of nitrogens with one attached hydrogen (secondary N) is 2. The van der Waals surface area contributed by atoms with Crippen LogP contribution in [-0.4, -0.2) is 31.3 Å². The van der Waals surface area contributed by atoms with E-state index in [1.807, 2.05) is 18.2 Å². The second kappa shape index (κ2) is 7.91. The van der Waals surface area contributed by atoms with Gasteiger partial charge in [0.1, 0.15) is 0 Å². The minimum Gasteiger partial charge on any atom is -0.395 e. The van der Waals surface area contributed by atoms with Crippen LogP contribution in [0, 0.1) is 0 Å². The lowest BCUT2D eigenvalue weighted by Crippen LogP contribution is -2.27. The van der Waals surface area contributed by atoms with Crippen molar-refractivity contribution in [2.24, 2.45) is 0 Å². The predicted molar refractivity (Wildman–Crippen MR) is 67.2 cm³/mol. The average Bonchev–Trinajstić information content (AvgIpc) is 2.31. The molecule has 0 aliphatic carbocycles. The van der Waals surface area contributed by atoms with Crippen LogP contribution in [0.25, 0.3) is 0 Å². The van der Waals surface area contributed by atoms with E-state index >= 15 is 0 Å². The van der Waals surface area contributed by atoms with Crippen molar-refractivity contribution in [3.05, 3.63) is 48.2 Å². The Morgan fingerprint density at radius 3 is 2.62 bits per heavy atom. The first-order valence-corrected chi connectivity index (χ1v) is 5.60. The van der Waals surface area contributed by atoms with Crippen LogP contribution >= 0.6 is 0 Å². The Hall–Kier alpha value is -1.32. The third kappa shape index (κ3) is 5.53. The number of rotatable bonds is 8. The summed E-state index contributed by atoms with van der Waals surface area (Å²) in [6.45, 7) is 6.27. The van der Waals surface area contributed by atoms with Crippen LogP contribution in [0.3, 0.4) is 0 Å². The maximum absolute atomic E-state index is 8.59. The third-order valence-electron chi connectivity index (χ3n) is 2.26. The van der Waals surface area contributed by atoms with Crippen LogP contribution in [0.5, 0.6) is 0 Å². The summed E-state index contributed by atoms with van der Waals surface area (Å²) in [7, 11) is 0. The number of hydrogen-bond acceptors (Lipinski definition) is 3. The Kier molecular flexibility index (Phi) is 6.30. The molecule has 1 rings (SSSR count). The molecule has 1 aromatic rings. The lowest BCUT2D eigenvalue weighted by molar-refractivity contribution is 0.294. The Morgan fingerprint density at radius 1 is 1.19 bits per heavy atom. The maximum atomic E-state index is 8.59. The van der Waals surface area contributed by atoms with Gasteiger partial charge in [-0.25, -0.2) is 0 Å². The van der Waals surface area contributed by atoms with Gasteiger partial charge in [-0.3, -0.25) is 0 Å². The number of aliphatic hydroxyl groups is 1. The zero-order valence-corrected chi connectivity index (χ0v) is 9.58. The van der Waals surface area contributed by atoms with Crippen LogP contribution < -0.4 is 10.6 Å². The van der Waals surface area contributed by atoms with Gasteiger partial charge in [-0.1, -0.05) is 36.9 Å². The molecule has 0 spiro atoms. The van der Waals surface area contributed by atoms with Gasteiger partial charge in [-0.15, -0.1) is 0 Å². The Labute approximate surface area is 97.2 Å². The van der Waals surface area contributed by atoms with Gasteiger partial charge in [-0.05, 0) is 12.0 Å². The van der Waals surface area contributed by atoms with E-state index in [0.29, 0.717) is 13.1 Å². The van der Waals surface area contributed by atoms with Gasteiger partial charge in [0.15, 0.2) is 0 Å². The fraction of sp³-hybridized carbons (Fsp3) is 0.385. The van der Waals surface area contributed by atoms with Gasteiger partial charge in [0.2, 0.25) is 0 Å². The van der Waals surface area contributed by atoms with E-state index in [1.54, 1.807) is 0 Å². The summed E-state index contributed by atoms with van der Waals surface area (Å²) in [4.78, 5) is 0. The Bertz CT molecular complexity index is 298. The van der Waals surface area contributed by atoms with Crippen molar-refractivity contribution in [1.82, 2.24) is 10.6 Å². The minimum absolute atomic E-state index is 0.164. The summed E-state index contributed by atoms with van der Waals surface area (Å²) in [6, 6.07) is 10.4. The molecule has 0 heterocycles. The zero-order valence-electron chi connectivity index (χ0n) is 9.58. The molecular formula is C13H20N2O. The molecule has 0 saturated heterocycles. The van der Waals surface area contributed by atoms with Crippen molar-refractivity contribution in [3.8, 4) is 0 Å². The normalized spacial score (nSPS) is 10.1. The van der Waals surface area contributed by atoms with Gasteiger partial charge in [0.25, 0.3) is 0 Å². The minimum atomic E-state index is 0.164. The topological polar surface area (TPSA) is 44.3 Å². The first kappa shape index (κ1) is 12.7. The fourth-order valence-electron chi connectivity index (χ4n) is 1.41. The van der Waals surface area contributed by atoms with Crippen molar-refractivity contribution in [1.29, 1.82) is 0 Å². The molecule has 0 saturated carbocycles.